The topological polar surface area (TPSA) is 113 Å². The SMILES string of the molecule is C[C@H](NC(=O)c1ccccc1)c1nnc(SCC(=O)Nc2sc3c(c2C#N)CC[C@@H](C(C)(C)C)C3)n1C. The van der Waals surface area contributed by atoms with E-state index in [0.717, 1.165) is 24.8 Å². The van der Waals surface area contributed by atoms with Crippen LogP contribution in [0.1, 0.15) is 72.3 Å². The van der Waals surface area contributed by atoms with Crippen LogP contribution in [-0.4, -0.2) is 32.3 Å². The van der Waals surface area contributed by atoms with E-state index in [-0.39, 0.29) is 29.0 Å². The summed E-state index contributed by atoms with van der Waals surface area (Å²) in [5.41, 5.74) is 2.49. The Bertz CT molecular complexity index is 1330. The second kappa shape index (κ2) is 11.1. The van der Waals surface area contributed by atoms with Gasteiger partial charge in [0.05, 0.1) is 17.4 Å². The van der Waals surface area contributed by atoms with Crippen molar-refractivity contribution in [3.05, 3.63) is 57.7 Å². The van der Waals surface area contributed by atoms with Crippen molar-refractivity contribution in [3.63, 3.8) is 0 Å². The molecule has 2 N–H and O–H groups in total. The van der Waals surface area contributed by atoms with Gasteiger partial charge in [-0.15, -0.1) is 21.5 Å². The molecule has 1 aliphatic carbocycles. The zero-order valence-electron chi connectivity index (χ0n) is 21.8. The molecule has 0 saturated heterocycles. The van der Waals surface area contributed by atoms with Gasteiger partial charge >= 0.3 is 0 Å². The zero-order chi connectivity index (χ0) is 26.7. The Labute approximate surface area is 225 Å². The fourth-order valence-electron chi connectivity index (χ4n) is 4.59. The quantitative estimate of drug-likeness (QED) is 0.405. The molecular weight excluding hydrogens is 504 g/mol. The van der Waals surface area contributed by atoms with E-state index in [9.17, 15) is 14.9 Å². The third-order valence-corrected chi connectivity index (χ3v) is 9.02. The molecule has 4 rings (SSSR count). The van der Waals surface area contributed by atoms with Crippen LogP contribution in [0.4, 0.5) is 5.00 Å². The normalized spacial score (nSPS) is 15.9. The summed E-state index contributed by atoms with van der Waals surface area (Å²) in [6, 6.07) is 11.0. The molecule has 0 radical (unpaired) electrons. The predicted octanol–water partition coefficient (Wildman–Crippen LogP) is 5.12. The molecule has 2 heterocycles. The van der Waals surface area contributed by atoms with Gasteiger partial charge in [-0.05, 0) is 55.2 Å². The second-order valence-corrected chi connectivity index (χ2v) is 12.5. The standard InChI is InChI=1S/C27H32N6O2S2/c1-16(29-24(35)17-9-7-6-8-10-17)23-31-32-26(33(23)5)36-15-22(34)30-25-20(14-28)19-12-11-18(27(2,3)4)13-21(19)37-25/h6-10,16,18H,11-13,15H2,1-5H3,(H,29,35)(H,30,34)/t16-,18+/m0/s1. The minimum atomic E-state index is -0.360. The minimum Gasteiger partial charge on any atom is -0.342 e. The molecule has 0 saturated carbocycles. The molecule has 0 unspecified atom stereocenters. The van der Waals surface area contributed by atoms with Gasteiger partial charge in [0.15, 0.2) is 11.0 Å². The molecule has 2 amide bonds. The number of thioether (sulfide) groups is 1. The van der Waals surface area contributed by atoms with Crippen LogP contribution in [0.3, 0.4) is 0 Å². The molecule has 10 heteroatoms. The van der Waals surface area contributed by atoms with E-state index in [0.29, 0.717) is 33.0 Å². The average molecular weight is 537 g/mol. The first-order valence-corrected chi connectivity index (χ1v) is 14.1. The summed E-state index contributed by atoms with van der Waals surface area (Å²) in [4.78, 5) is 26.5. The molecule has 8 nitrogen and oxygen atoms in total. The molecule has 0 aliphatic heterocycles. The number of carbonyl (C=O) groups excluding carboxylic acids is 2. The van der Waals surface area contributed by atoms with Crippen LogP contribution in [0.2, 0.25) is 0 Å². The highest BCUT2D eigenvalue weighted by Gasteiger charge is 2.32. The molecule has 37 heavy (non-hydrogen) atoms. The van der Waals surface area contributed by atoms with Crippen LogP contribution < -0.4 is 10.6 Å². The van der Waals surface area contributed by atoms with Gasteiger partial charge in [0.1, 0.15) is 11.1 Å². The number of carbonyl (C=O) groups is 2. The van der Waals surface area contributed by atoms with Crippen molar-refractivity contribution >= 4 is 39.9 Å². The number of benzene rings is 1. The van der Waals surface area contributed by atoms with Crippen LogP contribution in [-0.2, 0) is 24.7 Å². The molecular formula is C27H32N6O2S2. The lowest BCUT2D eigenvalue weighted by atomic mass is 9.72. The molecule has 2 aromatic heterocycles. The Balaban J connectivity index is 1.37. The molecule has 2 atom stereocenters. The number of hydrogen-bond donors (Lipinski definition) is 2. The zero-order valence-corrected chi connectivity index (χ0v) is 23.4. The van der Waals surface area contributed by atoms with Crippen LogP contribution in [0.25, 0.3) is 0 Å². The summed E-state index contributed by atoms with van der Waals surface area (Å²) < 4.78 is 1.78. The molecule has 1 aliphatic rings. The molecule has 3 aromatic rings. The van der Waals surface area contributed by atoms with Crippen molar-refractivity contribution < 1.29 is 9.59 Å². The van der Waals surface area contributed by atoms with Crippen molar-refractivity contribution in [1.29, 1.82) is 5.26 Å². The summed E-state index contributed by atoms with van der Waals surface area (Å²) in [6.45, 7) is 8.63. The van der Waals surface area contributed by atoms with Gasteiger partial charge in [-0.3, -0.25) is 9.59 Å². The van der Waals surface area contributed by atoms with Gasteiger partial charge < -0.3 is 15.2 Å². The number of aromatic nitrogens is 3. The lowest BCUT2D eigenvalue weighted by molar-refractivity contribution is -0.113. The van der Waals surface area contributed by atoms with Crippen molar-refractivity contribution in [2.45, 2.75) is 58.2 Å². The number of nitrogens with zero attached hydrogens (tertiary/aromatic N) is 4. The van der Waals surface area contributed by atoms with Crippen LogP contribution in [0.15, 0.2) is 35.5 Å². The smallest absolute Gasteiger partial charge is 0.251 e. The first-order chi connectivity index (χ1) is 17.6. The lowest BCUT2D eigenvalue weighted by Gasteiger charge is -2.33. The minimum absolute atomic E-state index is 0.134. The fourth-order valence-corrected chi connectivity index (χ4v) is 6.60. The van der Waals surface area contributed by atoms with Gasteiger partial charge in [-0.2, -0.15) is 5.26 Å². The number of anilines is 1. The Morgan fingerprint density at radius 3 is 2.68 bits per heavy atom. The highest BCUT2D eigenvalue weighted by molar-refractivity contribution is 7.99. The van der Waals surface area contributed by atoms with E-state index in [2.05, 4.69) is 47.7 Å². The highest BCUT2D eigenvalue weighted by atomic mass is 32.2. The third kappa shape index (κ3) is 6.05. The van der Waals surface area contributed by atoms with Gasteiger partial charge in [0, 0.05) is 17.5 Å². The maximum Gasteiger partial charge on any atom is 0.251 e. The maximum atomic E-state index is 12.8. The highest BCUT2D eigenvalue weighted by Crippen LogP contribution is 2.44. The van der Waals surface area contributed by atoms with Gasteiger partial charge in [0.2, 0.25) is 5.91 Å². The van der Waals surface area contributed by atoms with E-state index >= 15 is 0 Å². The number of rotatable bonds is 7. The fraction of sp³-hybridized carbons (Fsp3) is 0.444. The van der Waals surface area contributed by atoms with Gasteiger partial charge in [-0.1, -0.05) is 50.7 Å². The van der Waals surface area contributed by atoms with Gasteiger partial charge in [-0.25, -0.2) is 0 Å². The predicted molar refractivity (Wildman–Crippen MR) is 147 cm³/mol. The summed E-state index contributed by atoms with van der Waals surface area (Å²) >= 11 is 2.80. The maximum absolute atomic E-state index is 12.8. The number of nitriles is 1. The van der Waals surface area contributed by atoms with Crippen LogP contribution in [0, 0.1) is 22.7 Å². The first-order valence-electron chi connectivity index (χ1n) is 12.3. The number of thiophene rings is 1. The lowest BCUT2D eigenvalue weighted by Crippen LogP contribution is -2.28. The Kier molecular flexibility index (Phi) is 8.05. The van der Waals surface area contributed by atoms with E-state index in [4.69, 9.17) is 0 Å². The molecule has 0 bridgehead atoms. The van der Waals surface area contributed by atoms with Gasteiger partial charge in [0.25, 0.3) is 5.91 Å². The summed E-state index contributed by atoms with van der Waals surface area (Å²) in [5.74, 6) is 0.912. The molecule has 0 spiro atoms. The number of amides is 2. The van der Waals surface area contributed by atoms with Crippen LogP contribution in [0.5, 0.6) is 0 Å². The van der Waals surface area contributed by atoms with E-state index in [1.165, 1.54) is 28.0 Å². The molecule has 194 valence electrons. The van der Waals surface area contributed by atoms with Crippen LogP contribution >= 0.6 is 23.1 Å². The Morgan fingerprint density at radius 1 is 1.27 bits per heavy atom. The summed E-state index contributed by atoms with van der Waals surface area (Å²) in [7, 11) is 1.81. The average Bonchev–Trinajstić information content (AvgIpc) is 3.41. The monoisotopic (exact) mass is 536 g/mol. The largest absolute Gasteiger partial charge is 0.342 e. The van der Waals surface area contributed by atoms with E-state index in [1.807, 2.05) is 32.2 Å². The van der Waals surface area contributed by atoms with E-state index < -0.39 is 0 Å². The van der Waals surface area contributed by atoms with Crippen molar-refractivity contribution in [2.24, 2.45) is 18.4 Å². The Hall–Kier alpha value is -3.16. The summed E-state index contributed by atoms with van der Waals surface area (Å²) in [6.07, 6.45) is 2.88. The van der Waals surface area contributed by atoms with Crippen molar-refractivity contribution in [3.8, 4) is 6.07 Å². The molecule has 0 fully saturated rings. The Morgan fingerprint density at radius 2 is 2.00 bits per heavy atom. The third-order valence-electron chi connectivity index (χ3n) is 6.83. The number of hydrogen-bond acceptors (Lipinski definition) is 7. The van der Waals surface area contributed by atoms with Crippen molar-refractivity contribution in [2.75, 3.05) is 11.1 Å². The second-order valence-electron chi connectivity index (χ2n) is 10.4. The number of nitrogens with one attached hydrogen (secondary N) is 2. The number of fused-ring (bicyclic) bond motifs is 1. The van der Waals surface area contributed by atoms with E-state index in [1.54, 1.807) is 16.7 Å². The van der Waals surface area contributed by atoms with Crippen molar-refractivity contribution in [1.82, 2.24) is 20.1 Å². The molecule has 1 aromatic carbocycles. The first kappa shape index (κ1) is 26.9. The summed E-state index contributed by atoms with van der Waals surface area (Å²) in [5, 5.41) is 25.3.